The van der Waals surface area contributed by atoms with Gasteiger partial charge in [-0.05, 0) is 46.2 Å². The summed E-state index contributed by atoms with van der Waals surface area (Å²) in [7, 11) is 0. The van der Waals surface area contributed by atoms with Gasteiger partial charge in [0.1, 0.15) is 17.5 Å². The second-order valence-electron chi connectivity index (χ2n) is 7.88. The van der Waals surface area contributed by atoms with Crippen LogP contribution in [0.2, 0.25) is 0 Å². The normalized spacial score (nSPS) is 14.6. The Balaban J connectivity index is 2.67. The van der Waals surface area contributed by atoms with Gasteiger partial charge in [0.2, 0.25) is 0 Å². The van der Waals surface area contributed by atoms with Crippen molar-refractivity contribution >= 4 is 11.9 Å². The number of hydrogen-bond acceptors (Lipinski definition) is 6. The number of carbonyl (C=O) groups excluding carboxylic acids is 2. The fourth-order valence-electron chi connectivity index (χ4n) is 2.38. The minimum atomic E-state index is -0.618. The first-order valence-electron chi connectivity index (χ1n) is 9.84. The molecule has 1 aromatic rings. The van der Waals surface area contributed by atoms with Crippen molar-refractivity contribution in [2.45, 2.75) is 72.2 Å². The lowest BCUT2D eigenvalue weighted by molar-refractivity contribution is -0.168. The summed E-state index contributed by atoms with van der Waals surface area (Å²) in [6.45, 7) is 11.7. The second kappa shape index (κ2) is 11.7. The highest BCUT2D eigenvalue weighted by Gasteiger charge is 2.28. The number of benzene rings is 1. The van der Waals surface area contributed by atoms with E-state index in [-0.39, 0.29) is 13.0 Å². The fraction of sp³-hybridized carbons (Fsp3) is 0.636. The monoisotopic (exact) mass is 394 g/mol. The number of ether oxygens (including phenoxy) is 4. The van der Waals surface area contributed by atoms with E-state index in [1.54, 1.807) is 27.7 Å². The van der Waals surface area contributed by atoms with Gasteiger partial charge < -0.3 is 18.9 Å². The number of hydrogen-bond donors (Lipinski definition) is 0. The largest absolute Gasteiger partial charge is 0.487 e. The Morgan fingerprint density at radius 3 is 2.29 bits per heavy atom. The van der Waals surface area contributed by atoms with Gasteiger partial charge in [-0.15, -0.1) is 0 Å². The van der Waals surface area contributed by atoms with Gasteiger partial charge in [-0.3, -0.25) is 9.59 Å². The first-order chi connectivity index (χ1) is 13.1. The third-order valence-corrected chi connectivity index (χ3v) is 3.78. The molecular weight excluding hydrogens is 360 g/mol. The Morgan fingerprint density at radius 2 is 1.71 bits per heavy atom. The van der Waals surface area contributed by atoms with E-state index in [1.165, 1.54) is 0 Å². The van der Waals surface area contributed by atoms with Crippen LogP contribution in [0.25, 0.3) is 0 Å². The van der Waals surface area contributed by atoms with Crippen molar-refractivity contribution in [3.05, 3.63) is 30.3 Å². The Kier molecular flexibility index (Phi) is 10.0. The zero-order chi connectivity index (χ0) is 21.2. The molecular formula is C22H34O6. The van der Waals surface area contributed by atoms with Gasteiger partial charge in [0.05, 0.1) is 18.9 Å². The molecule has 0 amide bonds. The molecule has 0 radical (unpaired) electrons. The van der Waals surface area contributed by atoms with E-state index < -0.39 is 35.7 Å². The average molecular weight is 395 g/mol. The molecule has 0 aromatic heterocycles. The Morgan fingerprint density at radius 1 is 1.07 bits per heavy atom. The molecule has 6 nitrogen and oxygen atoms in total. The molecule has 0 saturated heterocycles. The van der Waals surface area contributed by atoms with E-state index in [2.05, 4.69) is 0 Å². The third-order valence-electron chi connectivity index (χ3n) is 3.78. The SMILES string of the molecule is CCCOC[C@@H](OC(=O)[C@H](C)CC(=O)OC(C)(C)C)[C@H](C)Oc1ccccc1. The summed E-state index contributed by atoms with van der Waals surface area (Å²) in [6.07, 6.45) is -0.159. The van der Waals surface area contributed by atoms with Gasteiger partial charge in [0.25, 0.3) is 0 Å². The number of esters is 2. The maximum Gasteiger partial charge on any atom is 0.309 e. The van der Waals surface area contributed by atoms with Gasteiger partial charge in [-0.2, -0.15) is 0 Å². The summed E-state index contributed by atoms with van der Waals surface area (Å²) in [4.78, 5) is 24.5. The molecule has 0 bridgehead atoms. The van der Waals surface area contributed by atoms with Crippen LogP contribution < -0.4 is 4.74 Å². The molecule has 0 N–H and O–H groups in total. The zero-order valence-corrected chi connectivity index (χ0v) is 17.9. The first kappa shape index (κ1) is 24.0. The van der Waals surface area contributed by atoms with Crippen molar-refractivity contribution in [1.29, 1.82) is 0 Å². The second-order valence-corrected chi connectivity index (χ2v) is 7.88. The van der Waals surface area contributed by atoms with Crippen LogP contribution in [-0.2, 0) is 23.8 Å². The molecule has 1 aromatic carbocycles. The predicted molar refractivity (Wildman–Crippen MR) is 107 cm³/mol. The standard InChI is InChI=1S/C22H34O6/c1-7-13-25-15-19(17(3)26-18-11-9-8-10-12-18)27-21(24)16(2)14-20(23)28-22(4,5)6/h8-12,16-17,19H,7,13-15H2,1-6H3/t16-,17+,19-/m1/s1. The average Bonchev–Trinajstić information content (AvgIpc) is 2.59. The topological polar surface area (TPSA) is 71.1 Å². The highest BCUT2D eigenvalue weighted by atomic mass is 16.6. The summed E-state index contributed by atoms with van der Waals surface area (Å²) < 4.78 is 22.4. The van der Waals surface area contributed by atoms with E-state index in [4.69, 9.17) is 18.9 Å². The van der Waals surface area contributed by atoms with Crippen LogP contribution in [0.5, 0.6) is 5.75 Å². The summed E-state index contributed by atoms with van der Waals surface area (Å²) in [6, 6.07) is 9.33. The van der Waals surface area contributed by atoms with Crippen LogP contribution in [0, 0.1) is 5.92 Å². The molecule has 0 aliphatic rings. The molecule has 0 heterocycles. The van der Waals surface area contributed by atoms with E-state index >= 15 is 0 Å². The summed E-state index contributed by atoms with van der Waals surface area (Å²) in [5.41, 5.74) is -0.588. The van der Waals surface area contributed by atoms with Gasteiger partial charge >= 0.3 is 11.9 Å². The third kappa shape index (κ3) is 9.74. The van der Waals surface area contributed by atoms with Gasteiger partial charge in [-0.1, -0.05) is 32.0 Å². The maximum absolute atomic E-state index is 12.5. The molecule has 6 heteroatoms. The van der Waals surface area contributed by atoms with E-state index in [0.29, 0.717) is 12.4 Å². The molecule has 1 rings (SSSR count). The molecule has 3 atom stereocenters. The quantitative estimate of drug-likeness (QED) is 0.415. The van der Waals surface area contributed by atoms with E-state index in [0.717, 1.165) is 6.42 Å². The van der Waals surface area contributed by atoms with E-state index in [1.807, 2.05) is 44.2 Å². The Hall–Kier alpha value is -2.08. The minimum Gasteiger partial charge on any atom is -0.487 e. The molecule has 0 spiro atoms. The summed E-state index contributed by atoms with van der Waals surface area (Å²) in [5.74, 6) is -0.829. The highest BCUT2D eigenvalue weighted by molar-refractivity contribution is 5.79. The predicted octanol–water partition coefficient (Wildman–Crippen LogP) is 4.16. The first-order valence-corrected chi connectivity index (χ1v) is 9.84. The minimum absolute atomic E-state index is 0.0352. The molecule has 0 unspecified atom stereocenters. The van der Waals surface area contributed by atoms with Crippen molar-refractivity contribution < 1.29 is 28.5 Å². The van der Waals surface area contributed by atoms with Crippen molar-refractivity contribution in [3.63, 3.8) is 0 Å². The maximum atomic E-state index is 12.5. The van der Waals surface area contributed by atoms with Crippen LogP contribution in [-0.4, -0.2) is 43.0 Å². The lowest BCUT2D eigenvalue weighted by atomic mass is 10.1. The summed E-state index contributed by atoms with van der Waals surface area (Å²) in [5, 5.41) is 0. The molecule has 0 aliphatic heterocycles. The van der Waals surface area contributed by atoms with E-state index in [9.17, 15) is 9.59 Å². The van der Waals surface area contributed by atoms with Crippen LogP contribution in [0.1, 0.15) is 54.4 Å². The summed E-state index contributed by atoms with van der Waals surface area (Å²) >= 11 is 0. The number of rotatable bonds is 11. The van der Waals surface area contributed by atoms with Crippen molar-refractivity contribution in [1.82, 2.24) is 0 Å². The smallest absolute Gasteiger partial charge is 0.309 e. The van der Waals surface area contributed by atoms with Crippen molar-refractivity contribution in [3.8, 4) is 5.75 Å². The number of carbonyl (C=O) groups is 2. The van der Waals surface area contributed by atoms with Crippen LogP contribution >= 0.6 is 0 Å². The highest BCUT2D eigenvalue weighted by Crippen LogP contribution is 2.17. The van der Waals surface area contributed by atoms with Crippen molar-refractivity contribution in [2.24, 2.45) is 5.92 Å². The molecule has 0 aliphatic carbocycles. The fourth-order valence-corrected chi connectivity index (χ4v) is 2.38. The lowest BCUT2D eigenvalue weighted by Crippen LogP contribution is -2.39. The molecule has 0 fully saturated rings. The lowest BCUT2D eigenvalue weighted by Gasteiger charge is -2.26. The Bertz CT molecular complexity index is 593. The van der Waals surface area contributed by atoms with Crippen LogP contribution in [0.3, 0.4) is 0 Å². The van der Waals surface area contributed by atoms with Crippen LogP contribution in [0.15, 0.2) is 30.3 Å². The van der Waals surface area contributed by atoms with Gasteiger partial charge in [-0.25, -0.2) is 0 Å². The van der Waals surface area contributed by atoms with Crippen LogP contribution in [0.4, 0.5) is 0 Å². The molecule has 0 saturated carbocycles. The molecule has 28 heavy (non-hydrogen) atoms. The van der Waals surface area contributed by atoms with Crippen molar-refractivity contribution in [2.75, 3.05) is 13.2 Å². The van der Waals surface area contributed by atoms with Gasteiger partial charge in [0, 0.05) is 6.61 Å². The number of para-hydroxylation sites is 1. The Labute approximate surface area is 168 Å². The van der Waals surface area contributed by atoms with Gasteiger partial charge in [0.15, 0.2) is 6.10 Å². The molecule has 158 valence electrons. The zero-order valence-electron chi connectivity index (χ0n) is 17.9.